The molecule has 0 aromatic rings. The summed E-state index contributed by atoms with van der Waals surface area (Å²) in [5.41, 5.74) is -0.833. The number of carbonyl (C=O) groups excluding carboxylic acids is 1. The predicted octanol–water partition coefficient (Wildman–Crippen LogP) is 4.45. The molecular formula is C13H24Cl6N4O. The zero-order valence-corrected chi connectivity index (χ0v) is 18.9. The third-order valence-corrected chi connectivity index (χ3v) is 3.67. The van der Waals surface area contributed by atoms with Gasteiger partial charge < -0.3 is 10.6 Å². The van der Waals surface area contributed by atoms with Crippen molar-refractivity contribution in [1.29, 1.82) is 0 Å². The highest BCUT2D eigenvalue weighted by Gasteiger charge is 2.39. The van der Waals surface area contributed by atoms with Gasteiger partial charge in [-0.05, 0) is 41.5 Å². The first kappa shape index (κ1) is 24.9. The Kier molecular flexibility index (Phi) is 9.08. The molecule has 0 aromatic heterocycles. The Morgan fingerprint density at radius 2 is 0.917 bits per heavy atom. The van der Waals surface area contributed by atoms with Crippen molar-refractivity contribution in [1.82, 2.24) is 21.3 Å². The van der Waals surface area contributed by atoms with Gasteiger partial charge in [0.1, 0.15) is 12.3 Å². The minimum Gasteiger partial charge on any atom is -0.318 e. The van der Waals surface area contributed by atoms with Gasteiger partial charge in [-0.15, -0.1) is 0 Å². The maximum Gasteiger partial charge on any atom is 0.317 e. The maximum atomic E-state index is 12.3. The van der Waals surface area contributed by atoms with E-state index in [0.717, 1.165) is 0 Å². The lowest BCUT2D eigenvalue weighted by Gasteiger charge is -2.36. The van der Waals surface area contributed by atoms with Gasteiger partial charge in [-0.2, -0.15) is 0 Å². The molecule has 0 radical (unpaired) electrons. The highest BCUT2D eigenvalue weighted by atomic mass is 35.6. The van der Waals surface area contributed by atoms with Crippen molar-refractivity contribution in [2.75, 3.05) is 0 Å². The molecule has 0 unspecified atom stereocenters. The summed E-state index contributed by atoms with van der Waals surface area (Å²) in [6.45, 7) is 11.2. The van der Waals surface area contributed by atoms with Gasteiger partial charge in [0, 0.05) is 11.1 Å². The summed E-state index contributed by atoms with van der Waals surface area (Å²) >= 11 is 35.5. The van der Waals surface area contributed by atoms with Crippen molar-refractivity contribution < 1.29 is 4.79 Å². The maximum absolute atomic E-state index is 12.3. The van der Waals surface area contributed by atoms with Crippen molar-refractivity contribution >= 4 is 75.6 Å². The number of amides is 2. The van der Waals surface area contributed by atoms with Crippen LogP contribution < -0.4 is 21.3 Å². The second kappa shape index (κ2) is 8.75. The highest BCUT2D eigenvalue weighted by molar-refractivity contribution is 6.68. The molecule has 0 fully saturated rings. The number of urea groups is 1. The van der Waals surface area contributed by atoms with Crippen LogP contribution in [0.2, 0.25) is 0 Å². The van der Waals surface area contributed by atoms with Crippen LogP contribution in [0.25, 0.3) is 0 Å². The Morgan fingerprint density at radius 3 is 1.08 bits per heavy atom. The Balaban J connectivity index is 5.09. The average molecular weight is 465 g/mol. The third kappa shape index (κ3) is 11.5. The van der Waals surface area contributed by atoms with Crippen LogP contribution in [0.5, 0.6) is 0 Å². The number of rotatable bonds is 4. The van der Waals surface area contributed by atoms with Gasteiger partial charge in [0.25, 0.3) is 0 Å². The molecule has 0 aliphatic carbocycles. The lowest BCUT2D eigenvalue weighted by Crippen LogP contribution is -2.65. The molecule has 11 heteroatoms. The number of nitrogens with one attached hydrogen (secondary N) is 4. The molecule has 144 valence electrons. The zero-order chi connectivity index (χ0) is 19.6. The average Bonchev–Trinajstić information content (AvgIpc) is 2.20. The number of alkyl halides is 6. The van der Waals surface area contributed by atoms with E-state index in [1.807, 2.05) is 41.5 Å². The van der Waals surface area contributed by atoms with Crippen molar-refractivity contribution in [3.8, 4) is 0 Å². The van der Waals surface area contributed by atoms with Gasteiger partial charge in [-0.1, -0.05) is 69.6 Å². The van der Waals surface area contributed by atoms with Gasteiger partial charge in [0.15, 0.2) is 0 Å². The third-order valence-electron chi connectivity index (χ3n) is 2.36. The fourth-order valence-corrected chi connectivity index (χ4v) is 2.22. The van der Waals surface area contributed by atoms with Gasteiger partial charge in [-0.3, -0.25) is 10.6 Å². The summed E-state index contributed by atoms with van der Waals surface area (Å²) in [5.74, 6) is 0. The molecule has 0 saturated carbocycles. The van der Waals surface area contributed by atoms with E-state index in [0.29, 0.717) is 0 Å². The highest BCUT2D eigenvalue weighted by Crippen LogP contribution is 2.31. The van der Waals surface area contributed by atoms with Gasteiger partial charge in [-0.25, -0.2) is 4.79 Å². The largest absolute Gasteiger partial charge is 0.318 e. The molecule has 0 rings (SSSR count). The van der Waals surface area contributed by atoms with E-state index in [-0.39, 0.29) is 0 Å². The fourth-order valence-electron chi connectivity index (χ4n) is 1.57. The Morgan fingerprint density at radius 1 is 0.667 bits per heavy atom. The van der Waals surface area contributed by atoms with Crippen molar-refractivity contribution in [2.45, 2.75) is 72.5 Å². The number of hydrogen-bond donors (Lipinski definition) is 4. The van der Waals surface area contributed by atoms with E-state index in [1.165, 1.54) is 0 Å². The summed E-state index contributed by atoms with van der Waals surface area (Å²) in [7, 11) is 0. The minimum atomic E-state index is -1.78. The summed E-state index contributed by atoms with van der Waals surface area (Å²) in [5, 5.41) is 11.1. The second-order valence-corrected chi connectivity index (χ2v) is 12.1. The summed E-state index contributed by atoms with van der Waals surface area (Å²) in [6, 6.07) is -0.670. The second-order valence-electron chi connectivity index (χ2n) is 7.36. The van der Waals surface area contributed by atoms with E-state index in [1.54, 1.807) is 0 Å². The Labute approximate surface area is 173 Å². The van der Waals surface area contributed by atoms with E-state index in [9.17, 15) is 4.79 Å². The Hall–Kier alpha value is 0.930. The van der Waals surface area contributed by atoms with Crippen LogP contribution in [0.15, 0.2) is 0 Å². The van der Waals surface area contributed by atoms with Crippen molar-refractivity contribution in [3.63, 3.8) is 0 Å². The summed E-state index contributed by atoms with van der Waals surface area (Å²) in [6.07, 6.45) is -1.93. The lowest BCUT2D eigenvalue weighted by atomic mass is 10.1. The molecule has 0 heterocycles. The van der Waals surface area contributed by atoms with Crippen molar-refractivity contribution in [3.05, 3.63) is 0 Å². The normalized spacial score (nSPS) is 16.5. The lowest BCUT2D eigenvalue weighted by molar-refractivity contribution is 0.218. The molecule has 2 atom stereocenters. The molecule has 0 bridgehead atoms. The topological polar surface area (TPSA) is 65.2 Å². The predicted molar refractivity (Wildman–Crippen MR) is 106 cm³/mol. The van der Waals surface area contributed by atoms with E-state index in [2.05, 4.69) is 21.3 Å². The quantitative estimate of drug-likeness (QED) is 0.367. The number of hydrogen-bond acceptors (Lipinski definition) is 3. The van der Waals surface area contributed by atoms with Crippen LogP contribution in [-0.4, -0.2) is 37.0 Å². The first-order valence-electron chi connectivity index (χ1n) is 7.07. The molecule has 0 aliphatic rings. The monoisotopic (exact) mass is 462 g/mol. The van der Waals surface area contributed by atoms with E-state index in [4.69, 9.17) is 69.6 Å². The minimum absolute atomic E-state index is 0.417. The van der Waals surface area contributed by atoms with Gasteiger partial charge >= 0.3 is 6.03 Å². The number of halogens is 6. The van der Waals surface area contributed by atoms with E-state index < -0.39 is 37.0 Å². The molecule has 5 nitrogen and oxygen atoms in total. The summed E-state index contributed by atoms with van der Waals surface area (Å²) < 4.78 is -3.56. The van der Waals surface area contributed by atoms with Crippen LogP contribution in [0, 0.1) is 0 Å². The van der Waals surface area contributed by atoms with Crippen molar-refractivity contribution in [2.24, 2.45) is 0 Å². The smallest absolute Gasteiger partial charge is 0.317 e. The van der Waals surface area contributed by atoms with Crippen LogP contribution in [-0.2, 0) is 0 Å². The molecule has 0 saturated heterocycles. The molecule has 24 heavy (non-hydrogen) atoms. The molecule has 0 spiro atoms. The Bertz CT molecular complexity index is 384. The molecule has 0 aliphatic heterocycles. The first-order valence-corrected chi connectivity index (χ1v) is 9.34. The SMILES string of the molecule is CC(C)(C)N[C@H](NC(=O)N[C@@H](NC(C)(C)C)C(Cl)(Cl)Cl)C(Cl)(Cl)Cl. The molecule has 4 N–H and O–H groups in total. The van der Waals surface area contributed by atoms with Gasteiger partial charge in [0.05, 0.1) is 0 Å². The van der Waals surface area contributed by atoms with Crippen LogP contribution in [0.4, 0.5) is 4.79 Å². The van der Waals surface area contributed by atoms with Crippen LogP contribution >= 0.6 is 69.6 Å². The zero-order valence-electron chi connectivity index (χ0n) is 14.3. The number of carbonyl (C=O) groups is 1. The van der Waals surface area contributed by atoms with Crippen LogP contribution in [0.1, 0.15) is 41.5 Å². The molecule has 2 amide bonds. The standard InChI is InChI=1S/C13H24Cl6N4O/c1-10(2,3)22-7(12(14,15)16)20-9(24)21-8(13(17,18)19)23-11(4,5)6/h7-8,22-23H,1-6H3,(H2,20,21,24)/t7-,8-/m0/s1. The summed E-state index contributed by atoms with van der Waals surface area (Å²) in [4.78, 5) is 12.3. The molecule has 0 aromatic carbocycles. The van der Waals surface area contributed by atoms with Crippen LogP contribution in [0.3, 0.4) is 0 Å². The fraction of sp³-hybridized carbons (Fsp3) is 0.923. The van der Waals surface area contributed by atoms with Gasteiger partial charge in [0.2, 0.25) is 7.59 Å². The van der Waals surface area contributed by atoms with E-state index >= 15 is 0 Å². The first-order chi connectivity index (χ1) is 10.3. The molecular weight excluding hydrogens is 441 g/mol.